The van der Waals surface area contributed by atoms with Crippen molar-refractivity contribution in [1.82, 2.24) is 5.32 Å². The van der Waals surface area contributed by atoms with Gasteiger partial charge in [0.15, 0.2) is 0 Å². The number of hydrogen-bond donors (Lipinski definition) is 2. The van der Waals surface area contributed by atoms with Crippen LogP contribution in [0, 0.1) is 0 Å². The Kier molecular flexibility index (Phi) is 6.80. The standard InChI is InChI=1S/C8H17NO3S/c1-7(13(2)12)6-9-8(11)4-3-5-10/h7,10H,3-6H2,1-2H3,(H,9,11). The van der Waals surface area contributed by atoms with Crippen molar-refractivity contribution in [2.75, 3.05) is 19.4 Å². The van der Waals surface area contributed by atoms with Crippen LogP contribution in [-0.4, -0.2) is 39.9 Å². The second-order valence-electron chi connectivity index (χ2n) is 2.94. The van der Waals surface area contributed by atoms with Crippen molar-refractivity contribution in [3.63, 3.8) is 0 Å². The Hall–Kier alpha value is -0.420. The molecule has 2 atom stereocenters. The highest BCUT2D eigenvalue weighted by Gasteiger charge is 2.07. The van der Waals surface area contributed by atoms with Crippen LogP contribution in [0.5, 0.6) is 0 Å². The molecule has 0 aromatic heterocycles. The van der Waals surface area contributed by atoms with Gasteiger partial charge in [-0.1, -0.05) is 0 Å². The molecule has 0 radical (unpaired) electrons. The topological polar surface area (TPSA) is 66.4 Å². The van der Waals surface area contributed by atoms with Gasteiger partial charge in [-0.15, -0.1) is 0 Å². The summed E-state index contributed by atoms with van der Waals surface area (Å²) in [4.78, 5) is 11.0. The summed E-state index contributed by atoms with van der Waals surface area (Å²) in [7, 11) is -0.897. The van der Waals surface area contributed by atoms with Gasteiger partial charge in [0.2, 0.25) is 5.91 Å². The quantitative estimate of drug-likeness (QED) is 0.625. The molecule has 2 N–H and O–H groups in total. The van der Waals surface area contributed by atoms with Crippen molar-refractivity contribution in [3.05, 3.63) is 0 Å². The fourth-order valence-corrected chi connectivity index (χ4v) is 1.02. The molecule has 0 rings (SSSR count). The predicted molar refractivity (Wildman–Crippen MR) is 52.9 cm³/mol. The minimum absolute atomic E-state index is 0.0157. The van der Waals surface area contributed by atoms with Gasteiger partial charge >= 0.3 is 0 Å². The second kappa shape index (κ2) is 7.03. The summed E-state index contributed by atoms with van der Waals surface area (Å²) in [5.41, 5.74) is 0. The molecule has 0 aromatic carbocycles. The molecule has 0 bridgehead atoms. The molecule has 0 fully saturated rings. The molecule has 13 heavy (non-hydrogen) atoms. The van der Waals surface area contributed by atoms with Crippen LogP contribution < -0.4 is 5.32 Å². The molecule has 0 spiro atoms. The SMILES string of the molecule is CC(CNC(=O)CCCO)S(C)=O. The van der Waals surface area contributed by atoms with Crippen LogP contribution in [0.15, 0.2) is 0 Å². The summed E-state index contributed by atoms with van der Waals surface area (Å²) in [5.74, 6) is -0.0913. The smallest absolute Gasteiger partial charge is 0.220 e. The van der Waals surface area contributed by atoms with Crippen LogP contribution in [0.3, 0.4) is 0 Å². The van der Waals surface area contributed by atoms with E-state index in [2.05, 4.69) is 5.32 Å². The highest BCUT2D eigenvalue weighted by molar-refractivity contribution is 7.84. The molecular formula is C8H17NO3S. The van der Waals surface area contributed by atoms with Crippen molar-refractivity contribution in [3.8, 4) is 0 Å². The third-order valence-electron chi connectivity index (χ3n) is 1.72. The summed E-state index contributed by atoms with van der Waals surface area (Å²) >= 11 is 0. The van der Waals surface area contributed by atoms with Crippen molar-refractivity contribution in [1.29, 1.82) is 0 Å². The van der Waals surface area contributed by atoms with Gasteiger partial charge in [0.1, 0.15) is 0 Å². The van der Waals surface area contributed by atoms with Gasteiger partial charge in [-0.2, -0.15) is 0 Å². The van der Waals surface area contributed by atoms with E-state index in [9.17, 15) is 9.00 Å². The first-order valence-corrected chi connectivity index (χ1v) is 5.89. The zero-order valence-electron chi connectivity index (χ0n) is 8.08. The van der Waals surface area contributed by atoms with E-state index in [1.54, 1.807) is 6.26 Å². The summed E-state index contributed by atoms with van der Waals surface area (Å²) in [6, 6.07) is 0. The Morgan fingerprint density at radius 3 is 2.69 bits per heavy atom. The maximum atomic E-state index is 11.0. The average molecular weight is 207 g/mol. The first-order chi connectivity index (χ1) is 6.07. The molecule has 2 unspecified atom stereocenters. The second-order valence-corrected chi connectivity index (χ2v) is 4.74. The Labute approximate surface area is 81.2 Å². The largest absolute Gasteiger partial charge is 0.396 e. The third-order valence-corrected chi connectivity index (χ3v) is 3.02. The lowest BCUT2D eigenvalue weighted by atomic mass is 10.3. The van der Waals surface area contributed by atoms with E-state index in [1.165, 1.54) is 0 Å². The van der Waals surface area contributed by atoms with Crippen molar-refractivity contribution in [2.24, 2.45) is 0 Å². The molecule has 0 aliphatic carbocycles. The van der Waals surface area contributed by atoms with Crippen molar-refractivity contribution < 1.29 is 14.1 Å². The first kappa shape index (κ1) is 12.6. The Morgan fingerprint density at radius 2 is 2.23 bits per heavy atom. The summed E-state index contributed by atoms with van der Waals surface area (Å²) in [5, 5.41) is 11.1. The zero-order valence-corrected chi connectivity index (χ0v) is 8.89. The minimum atomic E-state index is -0.897. The van der Waals surface area contributed by atoms with Gasteiger partial charge < -0.3 is 10.4 Å². The van der Waals surface area contributed by atoms with E-state index in [4.69, 9.17) is 5.11 Å². The van der Waals surface area contributed by atoms with Gasteiger partial charge in [0.05, 0.1) is 0 Å². The summed E-state index contributed by atoms with van der Waals surface area (Å²) in [6.07, 6.45) is 2.43. The number of aliphatic hydroxyl groups excluding tert-OH is 1. The molecule has 1 amide bonds. The van der Waals surface area contributed by atoms with Gasteiger partial charge in [-0.05, 0) is 13.3 Å². The number of rotatable bonds is 6. The average Bonchev–Trinajstić information content (AvgIpc) is 2.10. The third kappa shape index (κ3) is 6.72. The predicted octanol–water partition coefficient (Wildman–Crippen LogP) is -0.358. The maximum Gasteiger partial charge on any atom is 0.220 e. The van der Waals surface area contributed by atoms with Gasteiger partial charge in [-0.25, -0.2) is 0 Å². The minimum Gasteiger partial charge on any atom is -0.396 e. The zero-order chi connectivity index (χ0) is 10.3. The molecular weight excluding hydrogens is 190 g/mol. The first-order valence-electron chi connectivity index (χ1n) is 4.27. The fourth-order valence-electron chi connectivity index (χ4n) is 0.703. The number of hydrogen-bond acceptors (Lipinski definition) is 3. The number of nitrogens with one attached hydrogen (secondary N) is 1. The normalized spacial score (nSPS) is 15.0. The maximum absolute atomic E-state index is 11.0. The fraction of sp³-hybridized carbons (Fsp3) is 0.875. The van der Waals surface area contributed by atoms with Crippen molar-refractivity contribution in [2.45, 2.75) is 25.0 Å². The molecule has 0 aliphatic rings. The van der Waals surface area contributed by atoms with Crippen LogP contribution in [-0.2, 0) is 15.6 Å². The molecule has 0 saturated carbocycles. The van der Waals surface area contributed by atoms with E-state index in [-0.39, 0.29) is 17.8 Å². The van der Waals surface area contributed by atoms with E-state index in [0.717, 1.165) is 0 Å². The number of aliphatic hydroxyl groups is 1. The number of carbonyl (C=O) groups is 1. The monoisotopic (exact) mass is 207 g/mol. The van der Waals surface area contributed by atoms with E-state index < -0.39 is 10.8 Å². The number of carbonyl (C=O) groups excluding carboxylic acids is 1. The molecule has 4 nitrogen and oxygen atoms in total. The van der Waals surface area contributed by atoms with Gasteiger partial charge in [-0.3, -0.25) is 9.00 Å². The van der Waals surface area contributed by atoms with Crippen LogP contribution in [0.1, 0.15) is 19.8 Å². The van der Waals surface area contributed by atoms with Crippen LogP contribution >= 0.6 is 0 Å². The molecule has 0 aromatic rings. The van der Waals surface area contributed by atoms with Crippen LogP contribution in [0.4, 0.5) is 0 Å². The highest BCUT2D eigenvalue weighted by Crippen LogP contribution is 1.91. The van der Waals surface area contributed by atoms with Crippen LogP contribution in [0.2, 0.25) is 0 Å². The number of amides is 1. The summed E-state index contributed by atoms with van der Waals surface area (Å²) < 4.78 is 10.9. The molecule has 78 valence electrons. The Balaban J connectivity index is 3.52. The molecule has 0 heterocycles. The van der Waals surface area contributed by atoms with Crippen LogP contribution in [0.25, 0.3) is 0 Å². The Morgan fingerprint density at radius 1 is 1.62 bits per heavy atom. The van der Waals surface area contributed by atoms with E-state index in [1.807, 2.05) is 6.92 Å². The lowest BCUT2D eigenvalue weighted by Gasteiger charge is -2.09. The van der Waals surface area contributed by atoms with Gasteiger partial charge in [0, 0.05) is 41.9 Å². The molecule has 0 saturated heterocycles. The lowest BCUT2D eigenvalue weighted by Crippen LogP contribution is -2.32. The molecule has 5 heteroatoms. The Bertz CT molecular complexity index is 184. The molecule has 0 aliphatic heterocycles. The van der Waals surface area contributed by atoms with E-state index in [0.29, 0.717) is 19.4 Å². The van der Waals surface area contributed by atoms with Gasteiger partial charge in [0.25, 0.3) is 0 Å². The lowest BCUT2D eigenvalue weighted by molar-refractivity contribution is -0.121. The summed E-state index contributed by atoms with van der Waals surface area (Å²) in [6.45, 7) is 2.29. The van der Waals surface area contributed by atoms with Crippen molar-refractivity contribution >= 4 is 16.7 Å². The van der Waals surface area contributed by atoms with E-state index >= 15 is 0 Å². The highest BCUT2D eigenvalue weighted by atomic mass is 32.2.